The van der Waals surface area contributed by atoms with Crippen LogP contribution < -0.4 is 20.2 Å². The number of nitrogens with one attached hydrogen (secondary N) is 1. The number of benzene rings is 2. The number of ether oxygens (including phenoxy) is 2. The maximum Gasteiger partial charge on any atom is 0.387 e. The highest BCUT2D eigenvalue weighted by Gasteiger charge is 2.12. The number of methoxy groups -OCH3 is 1. The van der Waals surface area contributed by atoms with Crippen molar-refractivity contribution in [3.63, 3.8) is 0 Å². The number of aromatic nitrogens is 2. The molecule has 3 aromatic rings. The Morgan fingerprint density at radius 2 is 2.00 bits per heavy atom. The largest absolute Gasteiger partial charge is 0.493 e. The summed E-state index contributed by atoms with van der Waals surface area (Å²) in [6.45, 7) is -2.30. The fraction of sp³-hybridized carbons (Fsp3) is 0.286. The van der Waals surface area contributed by atoms with Crippen LogP contribution >= 0.6 is 0 Å². The SMILES string of the molecule is COc1ccc(CCNC(=O)CCn2ncc(=O)c3ccccc32)cc1OC(F)F. The second-order valence-corrected chi connectivity index (χ2v) is 6.46. The van der Waals surface area contributed by atoms with Crippen LogP contribution in [0.2, 0.25) is 0 Å². The molecule has 0 saturated heterocycles. The summed E-state index contributed by atoms with van der Waals surface area (Å²) in [5.74, 6) is -0.0198. The summed E-state index contributed by atoms with van der Waals surface area (Å²) < 4.78 is 36.1. The van der Waals surface area contributed by atoms with Gasteiger partial charge in [0.2, 0.25) is 11.3 Å². The van der Waals surface area contributed by atoms with Crippen molar-refractivity contribution < 1.29 is 23.0 Å². The van der Waals surface area contributed by atoms with E-state index < -0.39 is 6.61 Å². The minimum atomic E-state index is -2.95. The van der Waals surface area contributed by atoms with E-state index >= 15 is 0 Å². The van der Waals surface area contributed by atoms with Crippen LogP contribution in [-0.4, -0.2) is 36.0 Å². The molecule has 2 aromatic carbocycles. The number of rotatable bonds is 9. The molecule has 7 nitrogen and oxygen atoms in total. The number of amides is 1. The Labute approximate surface area is 171 Å². The lowest BCUT2D eigenvalue weighted by atomic mass is 10.1. The van der Waals surface area contributed by atoms with Gasteiger partial charge >= 0.3 is 6.61 Å². The number of alkyl halides is 2. The van der Waals surface area contributed by atoms with Gasteiger partial charge in [-0.25, -0.2) is 0 Å². The molecule has 1 heterocycles. The van der Waals surface area contributed by atoms with Crippen molar-refractivity contribution in [1.82, 2.24) is 15.1 Å². The lowest BCUT2D eigenvalue weighted by Crippen LogP contribution is -2.27. The van der Waals surface area contributed by atoms with E-state index in [0.717, 1.165) is 5.56 Å². The van der Waals surface area contributed by atoms with Crippen LogP contribution in [0.4, 0.5) is 8.78 Å². The summed E-state index contributed by atoms with van der Waals surface area (Å²) >= 11 is 0. The fourth-order valence-electron chi connectivity index (χ4n) is 3.05. The van der Waals surface area contributed by atoms with Gasteiger partial charge in [-0.2, -0.15) is 13.9 Å². The number of fused-ring (bicyclic) bond motifs is 1. The summed E-state index contributed by atoms with van der Waals surface area (Å²) in [7, 11) is 1.37. The van der Waals surface area contributed by atoms with E-state index in [1.165, 1.54) is 19.4 Å². The van der Waals surface area contributed by atoms with Crippen molar-refractivity contribution in [3.05, 3.63) is 64.4 Å². The molecule has 0 aliphatic carbocycles. The van der Waals surface area contributed by atoms with E-state index in [9.17, 15) is 18.4 Å². The Kier molecular flexibility index (Phi) is 6.95. The molecular formula is C21H21F2N3O4. The lowest BCUT2D eigenvalue weighted by Gasteiger charge is -2.12. The molecule has 1 amide bonds. The zero-order chi connectivity index (χ0) is 21.5. The van der Waals surface area contributed by atoms with Crippen molar-refractivity contribution in [2.24, 2.45) is 0 Å². The molecule has 1 aromatic heterocycles. The van der Waals surface area contributed by atoms with Crippen LogP contribution in [-0.2, 0) is 17.8 Å². The standard InChI is InChI=1S/C21H21F2N3O4/c1-29-18-7-6-14(12-19(18)30-21(22)23)8-10-24-20(28)9-11-26-16-5-3-2-4-15(16)17(27)13-25-26/h2-7,12-13,21H,8-11H2,1H3,(H,24,28). The van der Waals surface area contributed by atoms with Gasteiger partial charge in [0.25, 0.3) is 0 Å². The Bertz CT molecular complexity index is 1090. The van der Waals surface area contributed by atoms with Gasteiger partial charge in [-0.3, -0.25) is 14.3 Å². The summed E-state index contributed by atoms with van der Waals surface area (Å²) in [6, 6.07) is 11.8. The number of halogens is 2. The zero-order valence-corrected chi connectivity index (χ0v) is 16.3. The van der Waals surface area contributed by atoms with Crippen molar-refractivity contribution in [2.45, 2.75) is 26.0 Å². The number of carbonyl (C=O) groups is 1. The van der Waals surface area contributed by atoms with Gasteiger partial charge in [0.05, 0.1) is 25.4 Å². The number of nitrogens with zero attached hydrogens (tertiary/aromatic N) is 2. The van der Waals surface area contributed by atoms with E-state index in [1.807, 2.05) is 0 Å². The maximum absolute atomic E-state index is 12.5. The first kappa shape index (κ1) is 21.2. The minimum Gasteiger partial charge on any atom is -0.493 e. The van der Waals surface area contributed by atoms with Gasteiger partial charge in [0, 0.05) is 18.4 Å². The number of hydrogen-bond donors (Lipinski definition) is 1. The summed E-state index contributed by atoms with van der Waals surface area (Å²) in [4.78, 5) is 24.0. The minimum absolute atomic E-state index is 0.0486. The van der Waals surface area contributed by atoms with E-state index in [2.05, 4.69) is 15.2 Å². The molecule has 0 saturated carbocycles. The smallest absolute Gasteiger partial charge is 0.387 e. The van der Waals surface area contributed by atoms with Crippen LogP contribution in [0.5, 0.6) is 11.5 Å². The van der Waals surface area contributed by atoms with Crippen LogP contribution in [0, 0.1) is 0 Å². The summed E-state index contributed by atoms with van der Waals surface area (Å²) in [5, 5.41) is 7.43. The Morgan fingerprint density at radius 3 is 2.77 bits per heavy atom. The third-order valence-corrected chi connectivity index (χ3v) is 4.49. The zero-order valence-electron chi connectivity index (χ0n) is 16.3. The predicted molar refractivity (Wildman–Crippen MR) is 107 cm³/mol. The first-order valence-electron chi connectivity index (χ1n) is 9.31. The number of para-hydroxylation sites is 1. The highest BCUT2D eigenvalue weighted by atomic mass is 19.3. The monoisotopic (exact) mass is 417 g/mol. The molecule has 0 radical (unpaired) electrons. The Balaban J connectivity index is 1.54. The predicted octanol–water partition coefficient (Wildman–Crippen LogP) is 2.76. The van der Waals surface area contributed by atoms with Gasteiger partial charge in [0.15, 0.2) is 11.5 Å². The van der Waals surface area contributed by atoms with Crippen LogP contribution in [0.3, 0.4) is 0 Å². The highest BCUT2D eigenvalue weighted by molar-refractivity contribution is 5.79. The van der Waals surface area contributed by atoms with Gasteiger partial charge in [-0.05, 0) is 36.2 Å². The van der Waals surface area contributed by atoms with E-state index in [-0.39, 0.29) is 29.3 Å². The van der Waals surface area contributed by atoms with Gasteiger partial charge in [-0.1, -0.05) is 18.2 Å². The quantitative estimate of drug-likeness (QED) is 0.579. The normalized spacial score (nSPS) is 10.9. The van der Waals surface area contributed by atoms with Crippen LogP contribution in [0.1, 0.15) is 12.0 Å². The molecule has 0 aliphatic rings. The van der Waals surface area contributed by atoms with E-state index in [0.29, 0.717) is 30.4 Å². The molecule has 0 fully saturated rings. The fourth-order valence-corrected chi connectivity index (χ4v) is 3.05. The molecule has 9 heteroatoms. The highest BCUT2D eigenvalue weighted by Crippen LogP contribution is 2.29. The van der Waals surface area contributed by atoms with Gasteiger partial charge in [-0.15, -0.1) is 0 Å². The third kappa shape index (κ3) is 5.31. The first-order valence-corrected chi connectivity index (χ1v) is 9.31. The lowest BCUT2D eigenvalue weighted by molar-refractivity contribution is -0.121. The second kappa shape index (κ2) is 9.82. The molecule has 0 spiro atoms. The molecule has 0 aliphatic heterocycles. The molecule has 0 atom stereocenters. The summed E-state index contributed by atoms with van der Waals surface area (Å²) in [6.07, 6.45) is 1.86. The van der Waals surface area contributed by atoms with Gasteiger partial charge in [0.1, 0.15) is 0 Å². The average molecular weight is 417 g/mol. The van der Waals surface area contributed by atoms with Crippen LogP contribution in [0.25, 0.3) is 10.9 Å². The maximum atomic E-state index is 12.5. The van der Waals surface area contributed by atoms with E-state index in [4.69, 9.17) is 4.74 Å². The van der Waals surface area contributed by atoms with Crippen molar-refractivity contribution >= 4 is 16.8 Å². The molecule has 30 heavy (non-hydrogen) atoms. The number of aryl methyl sites for hydroxylation is 1. The molecule has 3 rings (SSSR count). The molecule has 158 valence electrons. The molecule has 0 bridgehead atoms. The third-order valence-electron chi connectivity index (χ3n) is 4.49. The van der Waals surface area contributed by atoms with Crippen molar-refractivity contribution in [1.29, 1.82) is 0 Å². The number of hydrogen-bond acceptors (Lipinski definition) is 5. The van der Waals surface area contributed by atoms with Crippen molar-refractivity contribution in [2.75, 3.05) is 13.7 Å². The Morgan fingerprint density at radius 1 is 1.20 bits per heavy atom. The molecular weight excluding hydrogens is 396 g/mol. The average Bonchev–Trinajstić information content (AvgIpc) is 2.73. The topological polar surface area (TPSA) is 82.5 Å². The Hall–Kier alpha value is -3.49. The first-order chi connectivity index (χ1) is 14.5. The summed E-state index contributed by atoms with van der Waals surface area (Å²) in [5.41, 5.74) is 1.23. The van der Waals surface area contributed by atoms with Crippen molar-refractivity contribution in [3.8, 4) is 11.5 Å². The van der Waals surface area contributed by atoms with E-state index in [1.54, 1.807) is 41.1 Å². The van der Waals surface area contributed by atoms with Crippen LogP contribution in [0.15, 0.2) is 53.5 Å². The molecule has 1 N–H and O–H groups in total. The molecule has 0 unspecified atom stereocenters. The number of carbonyl (C=O) groups excluding carboxylic acids is 1. The second-order valence-electron chi connectivity index (χ2n) is 6.46. The van der Waals surface area contributed by atoms with Gasteiger partial charge < -0.3 is 14.8 Å².